The van der Waals surface area contributed by atoms with Gasteiger partial charge in [-0.05, 0) is 31.1 Å². The van der Waals surface area contributed by atoms with Crippen LogP contribution in [0.5, 0.6) is 0 Å². The lowest BCUT2D eigenvalue weighted by Crippen LogP contribution is -2.28. The first-order valence-electron chi connectivity index (χ1n) is 11.9. The minimum atomic E-state index is -0.696. The van der Waals surface area contributed by atoms with E-state index in [0.717, 1.165) is 12.8 Å². The number of Topliss-reactive ketones (excluding diaryl/α,β-unsaturated/α-hetero) is 1. The molecule has 2 aromatic heterocycles. The van der Waals surface area contributed by atoms with Gasteiger partial charge in [0.2, 0.25) is 5.91 Å². The first-order valence-corrected chi connectivity index (χ1v) is 11.9. The van der Waals surface area contributed by atoms with Gasteiger partial charge in [-0.3, -0.25) is 9.59 Å². The SMILES string of the molecule is COC[C@H]1O[C@@H](n2cc(C(C)=O)c3c(NC(=O)C(CC(C)C)CC(C)(C)C)ncnc32)CC1O. The van der Waals surface area contributed by atoms with Crippen molar-refractivity contribution in [2.24, 2.45) is 17.3 Å². The van der Waals surface area contributed by atoms with Gasteiger partial charge in [-0.1, -0.05) is 34.6 Å². The largest absolute Gasteiger partial charge is 0.390 e. The molecule has 0 aliphatic carbocycles. The maximum absolute atomic E-state index is 13.3. The number of aliphatic hydroxyl groups excluding tert-OH is 1. The van der Waals surface area contributed by atoms with Gasteiger partial charge in [-0.2, -0.15) is 0 Å². The van der Waals surface area contributed by atoms with Crippen molar-refractivity contribution in [1.29, 1.82) is 0 Å². The summed E-state index contributed by atoms with van der Waals surface area (Å²) < 4.78 is 12.9. The summed E-state index contributed by atoms with van der Waals surface area (Å²) >= 11 is 0. The molecule has 0 saturated carbocycles. The number of hydrogen-bond donors (Lipinski definition) is 2. The van der Waals surface area contributed by atoms with Gasteiger partial charge in [0.05, 0.1) is 18.1 Å². The van der Waals surface area contributed by atoms with E-state index in [0.29, 0.717) is 34.8 Å². The number of nitrogens with zero attached hydrogens (tertiary/aromatic N) is 3. The molecule has 0 bridgehead atoms. The second-order valence-corrected chi connectivity index (χ2v) is 10.9. The molecular weight excluding hydrogens is 436 g/mol. The lowest BCUT2D eigenvalue weighted by molar-refractivity contribution is -0.121. The highest BCUT2D eigenvalue weighted by Gasteiger charge is 2.36. The van der Waals surface area contributed by atoms with Crippen LogP contribution in [0, 0.1) is 17.3 Å². The van der Waals surface area contributed by atoms with Crippen molar-refractivity contribution >= 4 is 28.5 Å². The quantitative estimate of drug-likeness (QED) is 0.528. The molecular formula is C25H38N4O5. The van der Waals surface area contributed by atoms with E-state index in [4.69, 9.17) is 9.47 Å². The molecule has 188 valence electrons. The van der Waals surface area contributed by atoms with Crippen molar-refractivity contribution < 1.29 is 24.2 Å². The van der Waals surface area contributed by atoms with E-state index in [1.54, 1.807) is 17.9 Å². The molecule has 2 N–H and O–H groups in total. The maximum atomic E-state index is 13.3. The molecule has 2 unspecified atom stereocenters. The van der Waals surface area contributed by atoms with Gasteiger partial charge < -0.3 is 24.5 Å². The van der Waals surface area contributed by atoms with E-state index in [-0.39, 0.29) is 29.6 Å². The summed E-state index contributed by atoms with van der Waals surface area (Å²) in [5.41, 5.74) is 0.864. The molecule has 0 spiro atoms. The van der Waals surface area contributed by atoms with Gasteiger partial charge in [0.1, 0.15) is 30.1 Å². The van der Waals surface area contributed by atoms with Crippen LogP contribution in [0.25, 0.3) is 11.0 Å². The highest BCUT2D eigenvalue weighted by molar-refractivity contribution is 6.12. The van der Waals surface area contributed by atoms with Crippen LogP contribution < -0.4 is 5.32 Å². The van der Waals surface area contributed by atoms with Crippen molar-refractivity contribution in [2.45, 2.75) is 79.2 Å². The van der Waals surface area contributed by atoms with E-state index in [1.165, 1.54) is 13.3 Å². The number of amides is 1. The lowest BCUT2D eigenvalue weighted by Gasteiger charge is -2.26. The monoisotopic (exact) mass is 474 g/mol. The van der Waals surface area contributed by atoms with Gasteiger partial charge in [0.15, 0.2) is 5.78 Å². The number of aromatic nitrogens is 3. The number of fused-ring (bicyclic) bond motifs is 1. The Hall–Kier alpha value is -2.36. The number of hydrogen-bond acceptors (Lipinski definition) is 7. The zero-order valence-electron chi connectivity index (χ0n) is 21.3. The summed E-state index contributed by atoms with van der Waals surface area (Å²) in [7, 11) is 1.55. The van der Waals surface area contributed by atoms with Crippen LogP contribution in [0.3, 0.4) is 0 Å². The molecule has 4 atom stereocenters. The summed E-state index contributed by atoms with van der Waals surface area (Å²) in [6.45, 7) is 12.3. The fourth-order valence-corrected chi connectivity index (χ4v) is 4.68. The lowest BCUT2D eigenvalue weighted by atomic mass is 9.80. The molecule has 9 heteroatoms. The molecule has 0 radical (unpaired) electrons. The van der Waals surface area contributed by atoms with Gasteiger partial charge in [-0.15, -0.1) is 0 Å². The fourth-order valence-electron chi connectivity index (χ4n) is 4.68. The van der Waals surface area contributed by atoms with Crippen LogP contribution in [-0.4, -0.2) is 57.3 Å². The average molecular weight is 475 g/mol. The van der Waals surface area contributed by atoms with E-state index >= 15 is 0 Å². The summed E-state index contributed by atoms with van der Waals surface area (Å²) in [5, 5.41) is 13.8. The van der Waals surface area contributed by atoms with Gasteiger partial charge in [0.25, 0.3) is 0 Å². The van der Waals surface area contributed by atoms with Crippen molar-refractivity contribution in [2.75, 3.05) is 19.0 Å². The minimum absolute atomic E-state index is 0.00878. The number of carbonyl (C=O) groups excluding carboxylic acids is 2. The third kappa shape index (κ3) is 6.00. The van der Waals surface area contributed by atoms with Crippen LogP contribution in [0.2, 0.25) is 0 Å². The molecule has 0 aromatic carbocycles. The number of rotatable bonds is 9. The Bertz CT molecular complexity index is 1030. The third-order valence-electron chi connectivity index (χ3n) is 6.06. The van der Waals surface area contributed by atoms with E-state index in [1.807, 2.05) is 0 Å². The number of ether oxygens (including phenoxy) is 2. The third-order valence-corrected chi connectivity index (χ3v) is 6.06. The average Bonchev–Trinajstić information content (AvgIpc) is 3.28. The summed E-state index contributed by atoms with van der Waals surface area (Å²) in [6.07, 6.45) is 3.19. The number of methoxy groups -OCH3 is 1. The molecule has 1 aliphatic heterocycles. The Kier molecular flexibility index (Phi) is 8.10. The second-order valence-electron chi connectivity index (χ2n) is 10.9. The molecule has 1 saturated heterocycles. The zero-order valence-corrected chi connectivity index (χ0v) is 21.3. The van der Waals surface area contributed by atoms with Gasteiger partial charge in [-0.25, -0.2) is 9.97 Å². The molecule has 9 nitrogen and oxygen atoms in total. The smallest absolute Gasteiger partial charge is 0.228 e. The number of nitrogens with one attached hydrogen (secondary N) is 1. The van der Waals surface area contributed by atoms with Crippen molar-refractivity contribution in [3.05, 3.63) is 18.1 Å². The Labute approximate surface area is 201 Å². The second kappa shape index (κ2) is 10.5. The number of carbonyl (C=O) groups is 2. The van der Waals surface area contributed by atoms with Crippen LogP contribution in [0.15, 0.2) is 12.5 Å². The topological polar surface area (TPSA) is 116 Å². The molecule has 1 fully saturated rings. The fraction of sp³-hybridized carbons (Fsp3) is 0.680. The zero-order chi connectivity index (χ0) is 25.2. The van der Waals surface area contributed by atoms with E-state index in [2.05, 4.69) is 49.9 Å². The number of aliphatic hydroxyl groups is 1. The Balaban J connectivity index is 1.98. The molecule has 3 rings (SSSR count). The van der Waals surface area contributed by atoms with Crippen molar-refractivity contribution in [1.82, 2.24) is 14.5 Å². The predicted octanol–water partition coefficient (Wildman–Crippen LogP) is 3.97. The van der Waals surface area contributed by atoms with Crippen LogP contribution in [-0.2, 0) is 14.3 Å². The molecule has 1 amide bonds. The van der Waals surface area contributed by atoms with Crippen LogP contribution >= 0.6 is 0 Å². The molecule has 3 heterocycles. The van der Waals surface area contributed by atoms with Crippen molar-refractivity contribution in [3.8, 4) is 0 Å². The summed E-state index contributed by atoms with van der Waals surface area (Å²) in [4.78, 5) is 34.6. The highest BCUT2D eigenvalue weighted by Crippen LogP contribution is 2.36. The number of anilines is 1. The number of ketones is 1. The van der Waals surface area contributed by atoms with Gasteiger partial charge in [0, 0.05) is 31.2 Å². The Morgan fingerprint density at radius 2 is 2.03 bits per heavy atom. The summed E-state index contributed by atoms with van der Waals surface area (Å²) in [6, 6.07) is 0. The predicted molar refractivity (Wildman–Crippen MR) is 130 cm³/mol. The van der Waals surface area contributed by atoms with Gasteiger partial charge >= 0.3 is 0 Å². The Morgan fingerprint density at radius 3 is 2.62 bits per heavy atom. The standard InChI is InChI=1S/C25H38N4O5/c1-14(2)8-16(10-25(4,5)6)24(32)28-22-21-17(15(3)30)11-29(23(21)27-13-26-22)20-9-18(31)19(34-20)12-33-7/h11,13-14,16,18-20,31H,8-10,12H2,1-7H3,(H,26,27,28,32)/t16?,18?,19-,20-/m1/s1. The van der Waals surface area contributed by atoms with Crippen LogP contribution in [0.4, 0.5) is 5.82 Å². The van der Waals surface area contributed by atoms with E-state index < -0.39 is 18.4 Å². The normalized spacial score (nSPS) is 21.9. The van der Waals surface area contributed by atoms with Crippen LogP contribution in [0.1, 0.15) is 77.4 Å². The first-order chi connectivity index (χ1) is 15.9. The highest BCUT2D eigenvalue weighted by atomic mass is 16.6. The minimum Gasteiger partial charge on any atom is -0.390 e. The Morgan fingerprint density at radius 1 is 1.32 bits per heavy atom. The first kappa shape index (κ1) is 26.2. The van der Waals surface area contributed by atoms with E-state index in [9.17, 15) is 14.7 Å². The van der Waals surface area contributed by atoms with Crippen molar-refractivity contribution in [3.63, 3.8) is 0 Å². The molecule has 2 aromatic rings. The molecule has 1 aliphatic rings. The maximum Gasteiger partial charge on any atom is 0.228 e. The summed E-state index contributed by atoms with van der Waals surface area (Å²) in [5.74, 6) is 0.209. The molecule has 34 heavy (non-hydrogen) atoms.